The zero-order chi connectivity index (χ0) is 18.4. The highest BCUT2D eigenvalue weighted by atomic mass is 16.5. The molecule has 0 spiro atoms. The third-order valence-corrected chi connectivity index (χ3v) is 5.44. The molecule has 3 heteroatoms. The molecule has 0 aromatic rings. The van der Waals surface area contributed by atoms with E-state index in [0.717, 1.165) is 19.4 Å². The Bertz CT molecular complexity index is 620. The van der Waals surface area contributed by atoms with Crippen LogP contribution in [-0.4, -0.2) is 36.0 Å². The van der Waals surface area contributed by atoms with Crippen molar-refractivity contribution in [2.24, 2.45) is 5.41 Å². The van der Waals surface area contributed by atoms with Crippen LogP contribution in [0.2, 0.25) is 0 Å². The van der Waals surface area contributed by atoms with Crippen LogP contribution in [-0.2, 0) is 9.53 Å². The highest BCUT2D eigenvalue weighted by Gasteiger charge is 2.35. The number of carbonyl (C=O) groups excluding carboxylic acids is 1. The van der Waals surface area contributed by atoms with Crippen molar-refractivity contribution >= 4 is 12.2 Å². The molecule has 138 valence electrons. The van der Waals surface area contributed by atoms with Crippen LogP contribution in [0.15, 0.2) is 34.9 Å². The Balaban J connectivity index is 2.09. The van der Waals surface area contributed by atoms with Gasteiger partial charge in [0.2, 0.25) is 6.04 Å². The third kappa shape index (κ3) is 5.17. The molecular formula is C22H34NO2+. The SMILES string of the molecule is CCOC(=O)C1CCC[N+]1=C/C=C(C)/C=C/C1=C(C)CCCC1(C)C. The number of carbonyl (C=O) groups is 1. The smallest absolute Gasteiger partial charge is 0.375 e. The van der Waals surface area contributed by atoms with Gasteiger partial charge in [0.05, 0.1) is 6.61 Å². The van der Waals surface area contributed by atoms with E-state index in [-0.39, 0.29) is 17.4 Å². The zero-order valence-electron chi connectivity index (χ0n) is 16.6. The average Bonchev–Trinajstić information content (AvgIpc) is 3.00. The Kier molecular flexibility index (Phi) is 6.80. The van der Waals surface area contributed by atoms with Crippen molar-refractivity contribution < 1.29 is 14.1 Å². The number of hydrogen-bond acceptors (Lipinski definition) is 2. The highest BCUT2D eigenvalue weighted by Crippen LogP contribution is 2.40. The number of esters is 1. The van der Waals surface area contributed by atoms with E-state index in [4.69, 9.17) is 4.74 Å². The fourth-order valence-electron chi connectivity index (χ4n) is 3.95. The Hall–Kier alpha value is -1.64. The largest absolute Gasteiger partial charge is 0.461 e. The Labute approximate surface area is 153 Å². The van der Waals surface area contributed by atoms with Gasteiger partial charge in [-0.2, -0.15) is 0 Å². The summed E-state index contributed by atoms with van der Waals surface area (Å²) in [7, 11) is 0. The molecule has 25 heavy (non-hydrogen) atoms. The van der Waals surface area contributed by atoms with E-state index in [1.54, 1.807) is 0 Å². The van der Waals surface area contributed by atoms with E-state index in [0.29, 0.717) is 6.61 Å². The lowest BCUT2D eigenvalue weighted by Gasteiger charge is -2.32. The lowest BCUT2D eigenvalue weighted by Crippen LogP contribution is -2.31. The lowest BCUT2D eigenvalue weighted by molar-refractivity contribution is -0.528. The van der Waals surface area contributed by atoms with Crippen LogP contribution in [0.1, 0.15) is 66.7 Å². The summed E-state index contributed by atoms with van der Waals surface area (Å²) < 4.78 is 7.30. The third-order valence-electron chi connectivity index (χ3n) is 5.44. The van der Waals surface area contributed by atoms with Crippen molar-refractivity contribution in [3.8, 4) is 0 Å². The number of ether oxygens (including phenoxy) is 1. The molecule has 0 amide bonds. The molecule has 0 N–H and O–H groups in total. The maximum atomic E-state index is 12.0. The first-order valence-electron chi connectivity index (χ1n) is 9.67. The first-order valence-corrected chi connectivity index (χ1v) is 9.67. The zero-order valence-corrected chi connectivity index (χ0v) is 16.6. The van der Waals surface area contributed by atoms with Gasteiger partial charge in [0, 0.05) is 18.9 Å². The molecule has 1 aliphatic carbocycles. The van der Waals surface area contributed by atoms with Crippen LogP contribution in [0, 0.1) is 5.41 Å². The molecule has 1 unspecified atom stereocenters. The minimum atomic E-state index is -0.116. The molecular weight excluding hydrogens is 310 g/mol. The maximum absolute atomic E-state index is 12.0. The van der Waals surface area contributed by atoms with Gasteiger partial charge < -0.3 is 4.74 Å². The van der Waals surface area contributed by atoms with E-state index in [1.807, 2.05) is 6.92 Å². The van der Waals surface area contributed by atoms with Crippen LogP contribution in [0.5, 0.6) is 0 Å². The van der Waals surface area contributed by atoms with Crippen LogP contribution >= 0.6 is 0 Å². The van der Waals surface area contributed by atoms with Crippen molar-refractivity contribution in [2.75, 3.05) is 13.2 Å². The molecule has 0 saturated carbocycles. The van der Waals surface area contributed by atoms with Gasteiger partial charge in [0.25, 0.3) is 0 Å². The molecule has 0 aromatic carbocycles. The fraction of sp³-hybridized carbons (Fsp3) is 0.636. The number of rotatable bonds is 5. The molecule has 1 atom stereocenters. The summed E-state index contributed by atoms with van der Waals surface area (Å²) in [4.78, 5) is 12.0. The van der Waals surface area contributed by atoms with Crippen LogP contribution in [0.4, 0.5) is 0 Å². The minimum Gasteiger partial charge on any atom is -0.461 e. The van der Waals surface area contributed by atoms with Gasteiger partial charge in [-0.1, -0.05) is 31.6 Å². The van der Waals surface area contributed by atoms with E-state index in [2.05, 4.69) is 56.7 Å². The van der Waals surface area contributed by atoms with Gasteiger partial charge >= 0.3 is 5.97 Å². The van der Waals surface area contributed by atoms with E-state index in [9.17, 15) is 4.79 Å². The van der Waals surface area contributed by atoms with Gasteiger partial charge in [0.1, 0.15) is 6.54 Å². The van der Waals surface area contributed by atoms with Crippen molar-refractivity contribution in [3.05, 3.63) is 34.9 Å². The second kappa shape index (κ2) is 8.64. The van der Waals surface area contributed by atoms with Gasteiger partial charge in [-0.05, 0) is 56.6 Å². The summed E-state index contributed by atoms with van der Waals surface area (Å²) in [5.74, 6) is -0.0948. The van der Waals surface area contributed by atoms with Crippen molar-refractivity contribution in [3.63, 3.8) is 0 Å². The predicted molar refractivity (Wildman–Crippen MR) is 104 cm³/mol. The summed E-state index contributed by atoms with van der Waals surface area (Å²) >= 11 is 0. The first-order chi connectivity index (χ1) is 11.8. The monoisotopic (exact) mass is 344 g/mol. The molecule has 0 aromatic heterocycles. The summed E-state index contributed by atoms with van der Waals surface area (Å²) in [5.41, 5.74) is 4.48. The summed E-state index contributed by atoms with van der Waals surface area (Å²) in [6.45, 7) is 12.3. The van der Waals surface area contributed by atoms with E-state index < -0.39 is 0 Å². The van der Waals surface area contributed by atoms with Gasteiger partial charge in [-0.3, -0.25) is 0 Å². The van der Waals surface area contributed by atoms with Gasteiger partial charge in [-0.25, -0.2) is 9.37 Å². The Morgan fingerprint density at radius 2 is 2.12 bits per heavy atom. The van der Waals surface area contributed by atoms with Crippen molar-refractivity contribution in [2.45, 2.75) is 72.8 Å². The summed E-state index contributed by atoms with van der Waals surface area (Å²) in [5, 5.41) is 0. The summed E-state index contributed by atoms with van der Waals surface area (Å²) in [6.07, 6.45) is 14.4. The Morgan fingerprint density at radius 1 is 1.36 bits per heavy atom. The van der Waals surface area contributed by atoms with E-state index >= 15 is 0 Å². The number of nitrogens with zero attached hydrogens (tertiary/aromatic N) is 1. The van der Waals surface area contributed by atoms with Crippen LogP contribution in [0.3, 0.4) is 0 Å². The lowest BCUT2D eigenvalue weighted by atomic mass is 9.72. The Morgan fingerprint density at radius 3 is 2.80 bits per heavy atom. The molecule has 1 fully saturated rings. The highest BCUT2D eigenvalue weighted by molar-refractivity contribution is 5.76. The van der Waals surface area contributed by atoms with Crippen LogP contribution in [0.25, 0.3) is 0 Å². The standard InChI is InChI=1S/C22H34NO2/c1-6-25-21(24)20-10-8-15-23(20)16-13-17(2)11-12-19-18(3)9-7-14-22(19,4)5/h11-13,16,20H,6-10,14-15H2,1-5H3/q+1/b12-11+,17-13+,23-16?. The van der Waals surface area contributed by atoms with Crippen LogP contribution < -0.4 is 0 Å². The molecule has 1 aliphatic heterocycles. The average molecular weight is 345 g/mol. The molecule has 0 radical (unpaired) electrons. The van der Waals surface area contributed by atoms with Crippen molar-refractivity contribution in [1.82, 2.24) is 0 Å². The quantitative estimate of drug-likeness (QED) is 0.406. The topological polar surface area (TPSA) is 29.3 Å². The molecule has 3 nitrogen and oxygen atoms in total. The van der Waals surface area contributed by atoms with Crippen molar-refractivity contribution in [1.29, 1.82) is 0 Å². The minimum absolute atomic E-state index is 0.0948. The van der Waals surface area contributed by atoms with Gasteiger partial charge in [-0.15, -0.1) is 0 Å². The maximum Gasteiger partial charge on any atom is 0.375 e. The normalized spacial score (nSPS) is 25.9. The van der Waals surface area contributed by atoms with E-state index in [1.165, 1.54) is 36.0 Å². The van der Waals surface area contributed by atoms with Gasteiger partial charge in [0.15, 0.2) is 6.21 Å². The predicted octanol–water partition coefficient (Wildman–Crippen LogP) is 4.82. The molecule has 1 saturated heterocycles. The summed E-state index contributed by atoms with van der Waals surface area (Å²) in [6, 6.07) is -0.116. The number of hydrogen-bond donors (Lipinski definition) is 0. The molecule has 1 heterocycles. The molecule has 2 rings (SSSR count). The molecule has 2 aliphatic rings. The second-order valence-electron chi connectivity index (χ2n) is 7.97. The molecule has 0 bridgehead atoms. The second-order valence-corrected chi connectivity index (χ2v) is 7.97. The fourth-order valence-corrected chi connectivity index (χ4v) is 3.95. The number of allylic oxidation sites excluding steroid dienone is 6. The first kappa shape index (κ1) is 19.7.